The first-order chi connectivity index (χ1) is 7.79. The smallest absolute Gasteiger partial charge is 0.341 e. The maximum atomic E-state index is 11.6. The van der Waals surface area contributed by atoms with E-state index in [0.29, 0.717) is 30.8 Å². The molecule has 0 atom stereocenters. The van der Waals surface area contributed by atoms with Gasteiger partial charge in [-0.2, -0.15) is 0 Å². The fraction of sp³-hybridized carbons (Fsp3) is 0.417. The summed E-state index contributed by atoms with van der Waals surface area (Å²) in [4.78, 5) is 11.6. The summed E-state index contributed by atoms with van der Waals surface area (Å²) < 4.78 is 10.1. The monoisotopic (exact) mass is 224 g/mol. The van der Waals surface area contributed by atoms with Gasteiger partial charge in [-0.15, -0.1) is 0 Å². The first-order valence-electron chi connectivity index (χ1n) is 5.20. The maximum Gasteiger partial charge on any atom is 0.341 e. The first-order valence-corrected chi connectivity index (χ1v) is 5.20. The number of para-hydroxylation sites is 1. The van der Waals surface area contributed by atoms with Crippen LogP contribution in [0.5, 0.6) is 5.75 Å². The molecule has 0 heterocycles. The molecule has 88 valence electrons. The molecule has 0 aliphatic rings. The Bertz CT molecular complexity index is 336. The summed E-state index contributed by atoms with van der Waals surface area (Å²) in [5.74, 6) is 0.116. The van der Waals surface area contributed by atoms with Crippen molar-refractivity contribution in [3.63, 3.8) is 0 Å². The van der Waals surface area contributed by atoms with Gasteiger partial charge in [-0.1, -0.05) is 12.1 Å². The predicted octanol–water partition coefficient (Wildman–Crippen LogP) is 1.62. The van der Waals surface area contributed by atoms with E-state index in [2.05, 4.69) is 0 Å². The van der Waals surface area contributed by atoms with Gasteiger partial charge in [0.2, 0.25) is 0 Å². The second-order valence-electron chi connectivity index (χ2n) is 3.27. The predicted molar refractivity (Wildman–Crippen MR) is 59.6 cm³/mol. The molecule has 0 spiro atoms. The Labute approximate surface area is 94.8 Å². The lowest BCUT2D eigenvalue weighted by Gasteiger charge is -2.07. The van der Waals surface area contributed by atoms with Gasteiger partial charge in [0, 0.05) is 6.61 Å². The number of unbranched alkanes of at least 4 members (excludes halogenated alkanes) is 1. The van der Waals surface area contributed by atoms with E-state index in [0.717, 1.165) is 0 Å². The zero-order valence-electron chi connectivity index (χ0n) is 9.31. The van der Waals surface area contributed by atoms with E-state index in [4.69, 9.17) is 14.6 Å². The van der Waals surface area contributed by atoms with Crippen LogP contribution >= 0.6 is 0 Å². The summed E-state index contributed by atoms with van der Waals surface area (Å²) in [6, 6.07) is 6.92. The minimum absolute atomic E-state index is 0.117. The lowest BCUT2D eigenvalue weighted by atomic mass is 10.2. The molecule has 0 aromatic heterocycles. The summed E-state index contributed by atoms with van der Waals surface area (Å²) in [5, 5.41) is 8.57. The molecule has 4 nitrogen and oxygen atoms in total. The number of aliphatic hydroxyl groups is 1. The van der Waals surface area contributed by atoms with Crippen LogP contribution in [0.2, 0.25) is 0 Å². The standard InChI is InChI=1S/C12H16O4/c1-15-11-7-3-2-6-10(11)12(14)16-9-5-4-8-13/h2-3,6-7,13H,4-5,8-9H2,1H3. The molecule has 1 aromatic rings. The van der Waals surface area contributed by atoms with Crippen molar-refractivity contribution in [1.29, 1.82) is 0 Å². The Hall–Kier alpha value is -1.55. The molecule has 0 amide bonds. The van der Waals surface area contributed by atoms with Crippen LogP contribution < -0.4 is 4.74 Å². The summed E-state index contributed by atoms with van der Waals surface area (Å²) in [7, 11) is 1.51. The SMILES string of the molecule is COc1ccccc1C(=O)OCCCCO. The molecule has 0 unspecified atom stereocenters. The fourth-order valence-electron chi connectivity index (χ4n) is 1.27. The van der Waals surface area contributed by atoms with Crippen LogP contribution in [0.3, 0.4) is 0 Å². The van der Waals surface area contributed by atoms with E-state index in [1.807, 2.05) is 0 Å². The van der Waals surface area contributed by atoms with Gasteiger partial charge in [-0.05, 0) is 25.0 Å². The van der Waals surface area contributed by atoms with Gasteiger partial charge in [0.25, 0.3) is 0 Å². The fourth-order valence-corrected chi connectivity index (χ4v) is 1.27. The number of hydrogen-bond acceptors (Lipinski definition) is 4. The molecule has 1 rings (SSSR count). The molecule has 0 radical (unpaired) electrons. The molecule has 16 heavy (non-hydrogen) atoms. The van der Waals surface area contributed by atoms with Gasteiger partial charge >= 0.3 is 5.97 Å². The van der Waals surface area contributed by atoms with Crippen molar-refractivity contribution < 1.29 is 19.4 Å². The topological polar surface area (TPSA) is 55.8 Å². The molecular formula is C12H16O4. The quantitative estimate of drug-likeness (QED) is 0.589. The van der Waals surface area contributed by atoms with Gasteiger partial charge in [-0.3, -0.25) is 0 Å². The van der Waals surface area contributed by atoms with Crippen molar-refractivity contribution in [1.82, 2.24) is 0 Å². The Balaban J connectivity index is 2.52. The molecule has 1 N–H and O–H groups in total. The van der Waals surface area contributed by atoms with Crippen LogP contribution in [-0.2, 0) is 4.74 Å². The van der Waals surface area contributed by atoms with Crippen molar-refractivity contribution in [3.8, 4) is 5.75 Å². The summed E-state index contributed by atoms with van der Waals surface area (Å²) in [6.07, 6.45) is 1.30. The molecule has 0 aliphatic carbocycles. The van der Waals surface area contributed by atoms with Crippen LogP contribution in [0.4, 0.5) is 0 Å². The van der Waals surface area contributed by atoms with Gasteiger partial charge in [0.1, 0.15) is 11.3 Å². The third-order valence-corrected chi connectivity index (χ3v) is 2.11. The Morgan fingerprint density at radius 2 is 2.06 bits per heavy atom. The largest absolute Gasteiger partial charge is 0.496 e. The highest BCUT2D eigenvalue weighted by atomic mass is 16.5. The van der Waals surface area contributed by atoms with E-state index in [1.165, 1.54) is 7.11 Å². The Kier molecular flexibility index (Phi) is 5.36. The van der Waals surface area contributed by atoms with Crippen LogP contribution in [0, 0.1) is 0 Å². The molecule has 1 aromatic carbocycles. The van der Waals surface area contributed by atoms with Gasteiger partial charge in [0.05, 0.1) is 13.7 Å². The van der Waals surface area contributed by atoms with E-state index < -0.39 is 5.97 Å². The van der Waals surface area contributed by atoms with Crippen LogP contribution in [-0.4, -0.2) is 31.4 Å². The maximum absolute atomic E-state index is 11.6. The number of hydrogen-bond donors (Lipinski definition) is 1. The van der Waals surface area contributed by atoms with Crippen molar-refractivity contribution in [2.45, 2.75) is 12.8 Å². The molecule has 0 saturated heterocycles. The highest BCUT2D eigenvalue weighted by Gasteiger charge is 2.12. The van der Waals surface area contributed by atoms with Crippen molar-refractivity contribution in [2.75, 3.05) is 20.3 Å². The number of esters is 1. The summed E-state index contributed by atoms with van der Waals surface area (Å²) in [6.45, 7) is 0.434. The molecule has 0 saturated carbocycles. The third-order valence-electron chi connectivity index (χ3n) is 2.11. The third kappa shape index (κ3) is 3.55. The lowest BCUT2D eigenvalue weighted by Crippen LogP contribution is -2.08. The number of rotatable bonds is 6. The van der Waals surface area contributed by atoms with Crippen molar-refractivity contribution in [2.24, 2.45) is 0 Å². The van der Waals surface area contributed by atoms with E-state index in [9.17, 15) is 4.79 Å². The molecular weight excluding hydrogens is 208 g/mol. The summed E-state index contributed by atoms with van der Waals surface area (Å²) >= 11 is 0. The van der Waals surface area contributed by atoms with Crippen LogP contribution in [0.25, 0.3) is 0 Å². The first kappa shape index (κ1) is 12.5. The molecule has 0 aliphatic heterocycles. The molecule has 4 heteroatoms. The number of carbonyl (C=O) groups is 1. The second kappa shape index (κ2) is 6.85. The Morgan fingerprint density at radius 3 is 2.75 bits per heavy atom. The van der Waals surface area contributed by atoms with Crippen LogP contribution in [0.15, 0.2) is 24.3 Å². The highest BCUT2D eigenvalue weighted by molar-refractivity contribution is 5.92. The number of ether oxygens (including phenoxy) is 2. The van der Waals surface area contributed by atoms with Gasteiger partial charge in [-0.25, -0.2) is 4.79 Å². The molecule has 0 fully saturated rings. The number of benzene rings is 1. The minimum Gasteiger partial charge on any atom is -0.496 e. The zero-order valence-corrected chi connectivity index (χ0v) is 9.31. The Morgan fingerprint density at radius 1 is 1.31 bits per heavy atom. The second-order valence-corrected chi connectivity index (χ2v) is 3.27. The van der Waals surface area contributed by atoms with E-state index in [1.54, 1.807) is 24.3 Å². The van der Waals surface area contributed by atoms with Crippen molar-refractivity contribution >= 4 is 5.97 Å². The lowest BCUT2D eigenvalue weighted by molar-refractivity contribution is 0.0489. The van der Waals surface area contributed by atoms with E-state index >= 15 is 0 Å². The van der Waals surface area contributed by atoms with Gasteiger partial charge < -0.3 is 14.6 Å². The average Bonchev–Trinajstić information content (AvgIpc) is 2.34. The van der Waals surface area contributed by atoms with Gasteiger partial charge in [0.15, 0.2) is 0 Å². The average molecular weight is 224 g/mol. The van der Waals surface area contributed by atoms with E-state index in [-0.39, 0.29) is 6.61 Å². The van der Waals surface area contributed by atoms with Crippen LogP contribution in [0.1, 0.15) is 23.2 Å². The normalized spacial score (nSPS) is 9.88. The molecule has 0 bridgehead atoms. The number of aliphatic hydroxyl groups excluding tert-OH is 1. The van der Waals surface area contributed by atoms with Crippen molar-refractivity contribution in [3.05, 3.63) is 29.8 Å². The minimum atomic E-state index is -0.393. The highest BCUT2D eigenvalue weighted by Crippen LogP contribution is 2.18. The zero-order chi connectivity index (χ0) is 11.8. The summed E-state index contributed by atoms with van der Waals surface area (Å²) in [5.41, 5.74) is 0.425. The number of carbonyl (C=O) groups excluding carboxylic acids is 1. The number of methoxy groups -OCH3 is 1.